The first-order valence-electron chi connectivity index (χ1n) is 5.51. The second-order valence-corrected chi connectivity index (χ2v) is 3.98. The summed E-state index contributed by atoms with van der Waals surface area (Å²) in [5.41, 5.74) is 6.22. The zero-order chi connectivity index (χ0) is 13.5. The predicted octanol–water partition coefficient (Wildman–Crippen LogP) is 1.42. The zero-order valence-electron chi connectivity index (χ0n) is 10.2. The average Bonchev–Trinajstić information content (AvgIpc) is 2.36. The smallest absolute Gasteiger partial charge is 0.170 e. The summed E-state index contributed by atoms with van der Waals surface area (Å²) >= 11 is 0. The molecule has 5 heteroatoms. The average molecular weight is 249 g/mol. The molecule has 1 rings (SSSR count). The van der Waals surface area contributed by atoms with Gasteiger partial charge in [-0.25, -0.2) is 4.39 Å². The van der Waals surface area contributed by atoms with Crippen molar-refractivity contribution in [2.75, 3.05) is 0 Å². The number of rotatable bonds is 5. The Morgan fingerprint density at radius 2 is 2.39 bits per heavy atom. The summed E-state index contributed by atoms with van der Waals surface area (Å²) in [4.78, 5) is 0. The summed E-state index contributed by atoms with van der Waals surface area (Å²) in [5.74, 6) is 2.01. The molecule has 0 bridgehead atoms. The Bertz CT molecular complexity index is 480. The van der Waals surface area contributed by atoms with Crippen LogP contribution in [0.5, 0.6) is 0 Å². The van der Waals surface area contributed by atoms with E-state index in [1.165, 1.54) is 6.07 Å². The van der Waals surface area contributed by atoms with Gasteiger partial charge in [0.25, 0.3) is 0 Å². The van der Waals surface area contributed by atoms with Crippen LogP contribution >= 0.6 is 0 Å². The van der Waals surface area contributed by atoms with Crippen LogP contribution in [0.4, 0.5) is 4.39 Å². The number of benzene rings is 1. The third-order valence-corrected chi connectivity index (χ3v) is 2.52. The fraction of sp³-hybridized carbons (Fsp3) is 0.308. The van der Waals surface area contributed by atoms with Crippen LogP contribution in [0.3, 0.4) is 0 Å². The fourth-order valence-corrected chi connectivity index (χ4v) is 1.44. The predicted molar refractivity (Wildman–Crippen MR) is 68.7 cm³/mol. The van der Waals surface area contributed by atoms with Gasteiger partial charge in [0, 0.05) is 30.1 Å². The van der Waals surface area contributed by atoms with Gasteiger partial charge in [0.2, 0.25) is 0 Å². The Kier molecular flexibility index (Phi) is 5.15. The molecule has 1 aromatic rings. The molecule has 0 aliphatic rings. The first-order chi connectivity index (χ1) is 8.58. The van der Waals surface area contributed by atoms with Gasteiger partial charge in [0.1, 0.15) is 5.82 Å². The van der Waals surface area contributed by atoms with Crippen LogP contribution in [0.1, 0.15) is 24.5 Å². The Balaban J connectivity index is 2.72. The van der Waals surface area contributed by atoms with Crippen LogP contribution in [0, 0.1) is 18.2 Å². The summed E-state index contributed by atoms with van der Waals surface area (Å²) in [6, 6.07) is 4.55. The van der Waals surface area contributed by atoms with Gasteiger partial charge in [0.05, 0.1) is 0 Å². The van der Waals surface area contributed by atoms with E-state index in [0.717, 1.165) is 0 Å². The van der Waals surface area contributed by atoms with E-state index in [2.05, 4.69) is 16.4 Å². The van der Waals surface area contributed by atoms with Crippen LogP contribution < -0.4 is 11.1 Å². The van der Waals surface area contributed by atoms with E-state index in [-0.39, 0.29) is 11.9 Å². The summed E-state index contributed by atoms with van der Waals surface area (Å²) in [5, 5.41) is 14.4. The highest BCUT2D eigenvalue weighted by Crippen LogP contribution is 2.10. The molecule has 0 saturated carbocycles. The van der Waals surface area contributed by atoms with Crippen molar-refractivity contribution in [1.82, 2.24) is 5.32 Å². The van der Waals surface area contributed by atoms with E-state index >= 15 is 0 Å². The molecule has 96 valence electrons. The largest absolute Gasteiger partial charge is 0.409 e. The minimum absolute atomic E-state index is 0.117. The van der Waals surface area contributed by atoms with Gasteiger partial charge in [-0.3, -0.25) is 0 Å². The van der Waals surface area contributed by atoms with Gasteiger partial charge in [-0.1, -0.05) is 17.3 Å². The molecule has 18 heavy (non-hydrogen) atoms. The van der Waals surface area contributed by atoms with Crippen molar-refractivity contribution < 1.29 is 9.60 Å². The van der Waals surface area contributed by atoms with E-state index in [0.29, 0.717) is 24.1 Å². The van der Waals surface area contributed by atoms with Crippen LogP contribution in [0.2, 0.25) is 0 Å². The van der Waals surface area contributed by atoms with Crippen molar-refractivity contribution in [2.24, 2.45) is 10.9 Å². The first kappa shape index (κ1) is 14.0. The molecular formula is C13H16FN3O. The molecule has 0 radical (unpaired) electrons. The number of hydrogen-bond donors (Lipinski definition) is 3. The van der Waals surface area contributed by atoms with E-state index in [4.69, 9.17) is 17.4 Å². The molecule has 0 aliphatic heterocycles. The number of halogens is 1. The quantitative estimate of drug-likeness (QED) is 0.243. The zero-order valence-corrected chi connectivity index (χ0v) is 10.2. The second kappa shape index (κ2) is 6.62. The molecule has 0 fully saturated rings. The number of oxime groups is 1. The standard InChI is InChI=1S/C13H16FN3O/c1-3-4-9(2)16-8-11-6-5-10(7-12(11)14)13(15)17-18/h1,5-7,9,16,18H,4,8H2,2H3,(H2,15,17). The van der Waals surface area contributed by atoms with Crippen LogP contribution in [0.25, 0.3) is 0 Å². The summed E-state index contributed by atoms with van der Waals surface area (Å²) in [6.45, 7) is 2.31. The SMILES string of the molecule is C#CCC(C)NCc1ccc(/C(N)=N/O)cc1F. The van der Waals surface area contributed by atoms with Gasteiger partial charge >= 0.3 is 0 Å². The van der Waals surface area contributed by atoms with Gasteiger partial charge in [0.15, 0.2) is 5.84 Å². The highest BCUT2D eigenvalue weighted by molar-refractivity contribution is 5.97. The minimum Gasteiger partial charge on any atom is -0.409 e. The lowest BCUT2D eigenvalue weighted by molar-refractivity contribution is 0.318. The van der Waals surface area contributed by atoms with Crippen LogP contribution in [-0.4, -0.2) is 17.1 Å². The Labute approximate surface area is 106 Å². The summed E-state index contributed by atoms with van der Waals surface area (Å²) in [7, 11) is 0. The number of nitrogens with zero attached hydrogens (tertiary/aromatic N) is 1. The van der Waals surface area contributed by atoms with Crippen LogP contribution in [-0.2, 0) is 6.54 Å². The van der Waals surface area contributed by atoms with Crippen LogP contribution in [0.15, 0.2) is 23.4 Å². The maximum Gasteiger partial charge on any atom is 0.170 e. The Hall–Kier alpha value is -2.06. The van der Waals surface area contributed by atoms with Gasteiger partial charge in [-0.15, -0.1) is 12.3 Å². The number of amidine groups is 1. The fourth-order valence-electron chi connectivity index (χ4n) is 1.44. The monoisotopic (exact) mass is 249 g/mol. The number of terminal acetylenes is 1. The summed E-state index contributed by atoms with van der Waals surface area (Å²) < 4.78 is 13.7. The van der Waals surface area contributed by atoms with E-state index in [9.17, 15) is 4.39 Å². The van der Waals surface area contributed by atoms with Gasteiger partial charge in [-0.05, 0) is 13.0 Å². The second-order valence-electron chi connectivity index (χ2n) is 3.98. The molecule has 1 atom stereocenters. The molecule has 0 heterocycles. The minimum atomic E-state index is -0.403. The molecule has 4 N–H and O–H groups in total. The lowest BCUT2D eigenvalue weighted by Crippen LogP contribution is -2.25. The molecule has 4 nitrogen and oxygen atoms in total. The number of hydrogen-bond acceptors (Lipinski definition) is 3. The highest BCUT2D eigenvalue weighted by Gasteiger charge is 2.07. The van der Waals surface area contributed by atoms with E-state index in [1.54, 1.807) is 12.1 Å². The van der Waals surface area contributed by atoms with Crippen molar-refractivity contribution >= 4 is 5.84 Å². The van der Waals surface area contributed by atoms with Gasteiger partial charge in [-0.2, -0.15) is 0 Å². The molecule has 0 amide bonds. The lowest BCUT2D eigenvalue weighted by atomic mass is 10.1. The highest BCUT2D eigenvalue weighted by atomic mass is 19.1. The van der Waals surface area contributed by atoms with E-state index in [1.807, 2.05) is 6.92 Å². The van der Waals surface area contributed by atoms with Gasteiger partial charge < -0.3 is 16.3 Å². The lowest BCUT2D eigenvalue weighted by Gasteiger charge is -2.11. The number of nitrogens with two attached hydrogens (primary N) is 1. The maximum absolute atomic E-state index is 13.7. The maximum atomic E-state index is 13.7. The molecule has 0 aromatic heterocycles. The van der Waals surface area contributed by atoms with Crippen molar-refractivity contribution in [1.29, 1.82) is 0 Å². The van der Waals surface area contributed by atoms with Crippen molar-refractivity contribution in [3.63, 3.8) is 0 Å². The Morgan fingerprint density at radius 3 is 2.94 bits per heavy atom. The molecule has 0 spiro atoms. The van der Waals surface area contributed by atoms with Crippen molar-refractivity contribution in [3.05, 3.63) is 35.1 Å². The molecular weight excluding hydrogens is 233 g/mol. The van der Waals surface area contributed by atoms with E-state index < -0.39 is 5.82 Å². The molecule has 1 aromatic carbocycles. The number of nitrogens with one attached hydrogen (secondary N) is 1. The third kappa shape index (κ3) is 3.75. The Morgan fingerprint density at radius 1 is 1.67 bits per heavy atom. The molecule has 0 saturated heterocycles. The topological polar surface area (TPSA) is 70.6 Å². The summed E-state index contributed by atoms with van der Waals surface area (Å²) in [6.07, 6.45) is 5.77. The first-order valence-corrected chi connectivity index (χ1v) is 5.51. The van der Waals surface area contributed by atoms with Crippen molar-refractivity contribution in [2.45, 2.75) is 25.9 Å². The normalized spacial score (nSPS) is 13.1. The molecule has 1 unspecified atom stereocenters. The molecule has 0 aliphatic carbocycles. The van der Waals surface area contributed by atoms with Crippen molar-refractivity contribution in [3.8, 4) is 12.3 Å². The third-order valence-electron chi connectivity index (χ3n) is 2.52.